The Balaban J connectivity index is 1.82. The van der Waals surface area contributed by atoms with Crippen LogP contribution in [-0.4, -0.2) is 14.3 Å². The molecule has 144 valence electrons. The van der Waals surface area contributed by atoms with Crippen molar-refractivity contribution in [3.05, 3.63) is 77.8 Å². The molecule has 3 aromatic rings. The van der Waals surface area contributed by atoms with Gasteiger partial charge in [-0.05, 0) is 60.7 Å². The van der Waals surface area contributed by atoms with Gasteiger partial charge >= 0.3 is 0 Å². The molecular formula is C20H17ClN2O4S. The van der Waals surface area contributed by atoms with Crippen molar-refractivity contribution in [3.8, 4) is 11.5 Å². The fraction of sp³-hybridized carbons (Fsp3) is 0.0500. The number of sulfonamides is 1. The van der Waals surface area contributed by atoms with Gasteiger partial charge in [-0.15, -0.1) is 0 Å². The lowest BCUT2D eigenvalue weighted by Gasteiger charge is -2.14. The van der Waals surface area contributed by atoms with Crippen molar-refractivity contribution < 1.29 is 17.9 Å². The zero-order chi connectivity index (χ0) is 20.1. The molecule has 6 nitrogen and oxygen atoms in total. The van der Waals surface area contributed by atoms with Gasteiger partial charge in [0.15, 0.2) is 5.75 Å². The zero-order valence-corrected chi connectivity index (χ0v) is 16.4. The maximum Gasteiger partial charge on any atom is 0.262 e. The van der Waals surface area contributed by atoms with Crippen LogP contribution >= 0.6 is 11.6 Å². The number of carbonyl (C=O) groups excluding carboxylic acids is 1. The van der Waals surface area contributed by atoms with Gasteiger partial charge in [0.2, 0.25) is 5.91 Å². The molecule has 0 heterocycles. The smallest absolute Gasteiger partial charge is 0.262 e. The third-order valence-electron chi connectivity index (χ3n) is 3.66. The lowest BCUT2D eigenvalue weighted by Crippen LogP contribution is -2.14. The molecule has 0 unspecified atom stereocenters. The molecule has 0 spiro atoms. The molecule has 1 amide bonds. The number of anilines is 2. The molecule has 8 heteroatoms. The van der Waals surface area contributed by atoms with Crippen LogP contribution in [0.25, 0.3) is 0 Å². The van der Waals surface area contributed by atoms with Crippen LogP contribution in [0.15, 0.2) is 77.7 Å². The van der Waals surface area contributed by atoms with Crippen LogP contribution in [-0.2, 0) is 14.8 Å². The molecule has 0 aliphatic carbocycles. The summed E-state index contributed by atoms with van der Waals surface area (Å²) in [6, 6.07) is 19.3. The van der Waals surface area contributed by atoms with Gasteiger partial charge in [0, 0.05) is 17.6 Å². The van der Waals surface area contributed by atoms with Crippen molar-refractivity contribution in [1.82, 2.24) is 0 Å². The third kappa shape index (κ3) is 5.03. The first-order chi connectivity index (χ1) is 13.3. The molecule has 28 heavy (non-hydrogen) atoms. The van der Waals surface area contributed by atoms with Crippen LogP contribution < -0.4 is 14.8 Å². The van der Waals surface area contributed by atoms with E-state index in [0.29, 0.717) is 27.9 Å². The van der Waals surface area contributed by atoms with Crippen molar-refractivity contribution >= 4 is 38.9 Å². The molecule has 0 aromatic heterocycles. The highest BCUT2D eigenvalue weighted by molar-refractivity contribution is 7.92. The van der Waals surface area contributed by atoms with Crippen molar-refractivity contribution in [1.29, 1.82) is 0 Å². The summed E-state index contributed by atoms with van der Waals surface area (Å²) in [5.74, 6) is 0.640. The van der Waals surface area contributed by atoms with E-state index >= 15 is 0 Å². The molecular weight excluding hydrogens is 400 g/mol. The Morgan fingerprint density at radius 1 is 0.929 bits per heavy atom. The second-order valence-corrected chi connectivity index (χ2v) is 7.98. The van der Waals surface area contributed by atoms with Crippen molar-refractivity contribution in [2.24, 2.45) is 0 Å². The van der Waals surface area contributed by atoms with Gasteiger partial charge in [-0.25, -0.2) is 8.42 Å². The van der Waals surface area contributed by atoms with E-state index in [1.807, 2.05) is 0 Å². The molecule has 0 radical (unpaired) electrons. The van der Waals surface area contributed by atoms with Crippen molar-refractivity contribution in [2.75, 3.05) is 10.0 Å². The second kappa shape index (κ2) is 8.33. The summed E-state index contributed by atoms with van der Waals surface area (Å²) in [7, 11) is -3.84. The summed E-state index contributed by atoms with van der Waals surface area (Å²) in [5, 5.41) is 3.16. The Bertz CT molecular complexity index is 1080. The number of amides is 1. The van der Waals surface area contributed by atoms with Crippen molar-refractivity contribution in [3.63, 3.8) is 0 Å². The van der Waals surface area contributed by atoms with E-state index in [1.165, 1.54) is 31.2 Å². The Morgan fingerprint density at radius 3 is 2.21 bits per heavy atom. The zero-order valence-electron chi connectivity index (χ0n) is 14.8. The highest BCUT2D eigenvalue weighted by Gasteiger charge is 2.17. The first kappa shape index (κ1) is 19.7. The molecule has 0 atom stereocenters. The van der Waals surface area contributed by atoms with Gasteiger partial charge in [-0.1, -0.05) is 23.7 Å². The monoisotopic (exact) mass is 416 g/mol. The fourth-order valence-electron chi connectivity index (χ4n) is 2.39. The first-order valence-electron chi connectivity index (χ1n) is 8.26. The summed E-state index contributed by atoms with van der Waals surface area (Å²) in [6.45, 7) is 1.38. The molecule has 3 aromatic carbocycles. The van der Waals surface area contributed by atoms with Crippen LogP contribution in [0.2, 0.25) is 5.02 Å². The third-order valence-corrected chi connectivity index (χ3v) is 5.29. The number of nitrogens with one attached hydrogen (secondary N) is 2. The average Bonchev–Trinajstić information content (AvgIpc) is 2.65. The Labute approximate surface area is 168 Å². The Morgan fingerprint density at radius 2 is 1.57 bits per heavy atom. The number of halogens is 1. The van der Waals surface area contributed by atoms with Gasteiger partial charge in [0.1, 0.15) is 5.75 Å². The second-order valence-electron chi connectivity index (χ2n) is 5.86. The summed E-state index contributed by atoms with van der Waals surface area (Å²) >= 11 is 5.87. The number of ether oxygens (including phenoxy) is 1. The van der Waals surface area contributed by atoms with Crippen LogP contribution in [0.5, 0.6) is 11.5 Å². The Hall–Kier alpha value is -3.03. The van der Waals surface area contributed by atoms with Crippen LogP contribution in [0.1, 0.15) is 6.92 Å². The minimum Gasteiger partial charge on any atom is -0.455 e. The summed E-state index contributed by atoms with van der Waals surface area (Å²) in [4.78, 5) is 11.1. The van der Waals surface area contributed by atoms with Crippen molar-refractivity contribution in [2.45, 2.75) is 11.8 Å². The number of para-hydroxylation sites is 2. The van der Waals surface area contributed by atoms with Gasteiger partial charge in [0.05, 0.1) is 10.6 Å². The van der Waals surface area contributed by atoms with E-state index in [1.54, 1.807) is 48.5 Å². The molecule has 2 N–H and O–H groups in total. The SMILES string of the molecule is CC(=O)Nc1ccc(S(=O)(=O)Nc2ccccc2Oc2ccc(Cl)cc2)cc1. The number of carbonyl (C=O) groups is 1. The van der Waals surface area contributed by atoms with E-state index in [-0.39, 0.29) is 10.8 Å². The summed E-state index contributed by atoms with van der Waals surface area (Å²) in [5.41, 5.74) is 0.807. The molecule has 0 saturated carbocycles. The highest BCUT2D eigenvalue weighted by Crippen LogP contribution is 2.31. The number of hydrogen-bond acceptors (Lipinski definition) is 4. The summed E-state index contributed by atoms with van der Waals surface area (Å²) < 4.78 is 33.7. The lowest BCUT2D eigenvalue weighted by atomic mass is 10.3. The van der Waals surface area contributed by atoms with Gasteiger partial charge in [-0.3, -0.25) is 9.52 Å². The highest BCUT2D eigenvalue weighted by atomic mass is 35.5. The van der Waals surface area contributed by atoms with E-state index in [2.05, 4.69) is 10.0 Å². The van der Waals surface area contributed by atoms with Gasteiger partial charge in [-0.2, -0.15) is 0 Å². The maximum atomic E-state index is 12.7. The molecule has 0 saturated heterocycles. The maximum absolute atomic E-state index is 12.7. The standard InChI is InChI=1S/C20H17ClN2O4S/c1-14(24)22-16-8-12-18(13-9-16)28(25,26)23-19-4-2-3-5-20(19)27-17-10-6-15(21)7-11-17/h2-13,23H,1H3,(H,22,24). The predicted molar refractivity (Wildman–Crippen MR) is 110 cm³/mol. The molecule has 0 aliphatic rings. The molecule has 0 aliphatic heterocycles. The Kier molecular flexibility index (Phi) is 5.87. The average molecular weight is 417 g/mol. The normalized spacial score (nSPS) is 10.9. The minimum absolute atomic E-state index is 0.0582. The predicted octanol–water partition coefficient (Wildman–Crippen LogP) is 4.89. The van der Waals surface area contributed by atoms with E-state index in [9.17, 15) is 13.2 Å². The number of hydrogen-bond donors (Lipinski definition) is 2. The van der Waals surface area contributed by atoms with Crippen LogP contribution in [0, 0.1) is 0 Å². The van der Waals surface area contributed by atoms with E-state index in [4.69, 9.17) is 16.3 Å². The lowest BCUT2D eigenvalue weighted by molar-refractivity contribution is -0.114. The van der Waals surface area contributed by atoms with E-state index < -0.39 is 10.0 Å². The summed E-state index contributed by atoms with van der Waals surface area (Å²) in [6.07, 6.45) is 0. The van der Waals surface area contributed by atoms with Crippen LogP contribution in [0.3, 0.4) is 0 Å². The molecule has 0 fully saturated rings. The van der Waals surface area contributed by atoms with Gasteiger partial charge in [0.25, 0.3) is 10.0 Å². The minimum atomic E-state index is -3.84. The largest absolute Gasteiger partial charge is 0.455 e. The molecule has 0 bridgehead atoms. The topological polar surface area (TPSA) is 84.5 Å². The number of benzene rings is 3. The fourth-order valence-corrected chi connectivity index (χ4v) is 3.59. The quantitative estimate of drug-likeness (QED) is 0.599. The molecule has 3 rings (SSSR count). The first-order valence-corrected chi connectivity index (χ1v) is 10.1. The van der Waals surface area contributed by atoms with E-state index in [0.717, 1.165) is 0 Å². The van der Waals surface area contributed by atoms with Crippen LogP contribution in [0.4, 0.5) is 11.4 Å². The number of rotatable bonds is 6. The van der Waals surface area contributed by atoms with Gasteiger partial charge < -0.3 is 10.1 Å².